The highest BCUT2D eigenvalue weighted by Crippen LogP contribution is 2.70. The minimum atomic E-state index is -3.75. The lowest BCUT2D eigenvalue weighted by atomic mass is 9.70. The molecule has 1 saturated carbocycles. The van der Waals surface area contributed by atoms with E-state index in [9.17, 15) is 9.36 Å². The Morgan fingerprint density at radius 2 is 1.78 bits per heavy atom. The van der Waals surface area contributed by atoms with E-state index in [1.165, 1.54) is 7.11 Å². The lowest BCUT2D eigenvalue weighted by Gasteiger charge is -2.36. The van der Waals surface area contributed by atoms with Crippen LogP contribution in [0.15, 0.2) is 11.3 Å². The Morgan fingerprint density at radius 3 is 2.26 bits per heavy atom. The van der Waals surface area contributed by atoms with E-state index < -0.39 is 19.2 Å². The zero-order valence-corrected chi connectivity index (χ0v) is 15.7. The summed E-state index contributed by atoms with van der Waals surface area (Å²) in [5, 5.41) is 0. The van der Waals surface area contributed by atoms with Crippen LogP contribution in [-0.4, -0.2) is 26.3 Å². The fourth-order valence-corrected chi connectivity index (χ4v) is 5.22. The number of carbonyl (C=O) groups excluding carboxylic acids is 1. The third-order valence-electron chi connectivity index (χ3n) is 5.50. The van der Waals surface area contributed by atoms with Gasteiger partial charge in [0.25, 0.3) is 0 Å². The first kappa shape index (κ1) is 18.5. The fraction of sp³-hybridized carbons (Fsp3) is 0.812. The van der Waals surface area contributed by atoms with Gasteiger partial charge in [0, 0.05) is 11.3 Å². The molecule has 6 nitrogen and oxygen atoms in total. The summed E-state index contributed by atoms with van der Waals surface area (Å²) in [6, 6.07) is 0. The molecule has 7 heteroatoms. The minimum Gasteiger partial charge on any atom is -0.466 e. The lowest BCUT2D eigenvalue weighted by molar-refractivity contribution is -0.137. The van der Waals surface area contributed by atoms with Crippen LogP contribution in [-0.2, 0) is 27.7 Å². The van der Waals surface area contributed by atoms with E-state index in [1.807, 2.05) is 6.92 Å². The van der Waals surface area contributed by atoms with Gasteiger partial charge in [-0.3, -0.25) is 9.05 Å². The lowest BCUT2D eigenvalue weighted by Crippen LogP contribution is -2.30. The Kier molecular flexibility index (Phi) is 5.01. The number of esters is 1. The maximum Gasteiger partial charge on any atom is 0.529 e. The van der Waals surface area contributed by atoms with E-state index in [2.05, 4.69) is 13.8 Å². The predicted octanol–water partition coefficient (Wildman–Crippen LogP) is 4.07. The van der Waals surface area contributed by atoms with Crippen molar-refractivity contribution in [2.75, 3.05) is 20.3 Å². The molecule has 0 aliphatic heterocycles. The first-order valence-electron chi connectivity index (χ1n) is 8.08. The van der Waals surface area contributed by atoms with Gasteiger partial charge in [0.2, 0.25) is 0 Å². The normalized spacial score (nSPS) is 29.0. The van der Waals surface area contributed by atoms with Gasteiger partial charge in [0.05, 0.1) is 25.9 Å². The van der Waals surface area contributed by atoms with Crippen molar-refractivity contribution >= 4 is 13.8 Å². The van der Waals surface area contributed by atoms with Crippen molar-refractivity contribution in [3.8, 4) is 0 Å². The van der Waals surface area contributed by atoms with Crippen LogP contribution in [0.5, 0.6) is 0 Å². The first-order chi connectivity index (χ1) is 10.7. The van der Waals surface area contributed by atoms with Crippen LogP contribution in [0.4, 0.5) is 0 Å². The Hall–Kier alpha value is -0.840. The summed E-state index contributed by atoms with van der Waals surface area (Å²) in [7, 11) is -2.40. The van der Waals surface area contributed by atoms with Crippen molar-refractivity contribution in [3.05, 3.63) is 11.3 Å². The van der Waals surface area contributed by atoms with E-state index in [0.717, 1.165) is 12.8 Å². The number of rotatable bonds is 7. The van der Waals surface area contributed by atoms with Gasteiger partial charge >= 0.3 is 13.8 Å². The van der Waals surface area contributed by atoms with Gasteiger partial charge in [0.15, 0.2) is 0 Å². The molecule has 132 valence electrons. The van der Waals surface area contributed by atoms with E-state index in [-0.39, 0.29) is 24.5 Å². The van der Waals surface area contributed by atoms with Gasteiger partial charge in [-0.2, -0.15) is 0 Å². The molecule has 23 heavy (non-hydrogen) atoms. The molecule has 0 heterocycles. The number of carbonyl (C=O) groups is 1. The van der Waals surface area contributed by atoms with Gasteiger partial charge in [0.1, 0.15) is 5.76 Å². The summed E-state index contributed by atoms with van der Waals surface area (Å²) in [6.45, 7) is 10.1. The van der Waals surface area contributed by atoms with Gasteiger partial charge < -0.3 is 9.26 Å². The SMILES string of the molecule is CCOP(=O)(OCC)OC1=C(C(=O)OC)[C@H]2CC[C@@]1(C)C2(C)C. The number of hydrogen-bond donors (Lipinski definition) is 0. The van der Waals surface area contributed by atoms with E-state index in [0.29, 0.717) is 11.3 Å². The number of fused-ring (bicyclic) bond motifs is 2. The summed E-state index contributed by atoms with van der Waals surface area (Å²) >= 11 is 0. The Labute approximate surface area is 138 Å². The van der Waals surface area contributed by atoms with E-state index >= 15 is 0 Å². The maximum absolute atomic E-state index is 12.8. The second kappa shape index (κ2) is 6.23. The summed E-state index contributed by atoms with van der Waals surface area (Å²) in [5.41, 5.74) is -0.105. The molecule has 0 unspecified atom stereocenters. The molecule has 0 saturated heterocycles. The van der Waals surface area contributed by atoms with Crippen molar-refractivity contribution in [2.24, 2.45) is 16.7 Å². The highest BCUT2D eigenvalue weighted by Gasteiger charge is 2.64. The Morgan fingerprint density at radius 1 is 1.22 bits per heavy atom. The molecule has 0 aromatic heterocycles. The molecule has 2 aliphatic rings. The number of methoxy groups -OCH3 is 1. The fourth-order valence-electron chi connectivity index (χ4n) is 3.88. The molecule has 0 aromatic rings. The van der Waals surface area contributed by atoms with Gasteiger partial charge in [-0.05, 0) is 32.1 Å². The third-order valence-corrected chi connectivity index (χ3v) is 7.06. The van der Waals surface area contributed by atoms with Crippen LogP contribution >= 0.6 is 7.82 Å². The average Bonchev–Trinajstić information content (AvgIpc) is 2.79. The number of phosphoric ester groups is 1. The van der Waals surface area contributed by atoms with Gasteiger partial charge in [-0.25, -0.2) is 9.36 Å². The molecule has 2 rings (SSSR count). The van der Waals surface area contributed by atoms with Crippen molar-refractivity contribution < 1.29 is 27.7 Å². The topological polar surface area (TPSA) is 71.1 Å². The standard InChI is InChI=1S/C16H27O6P/c1-7-20-23(18,21-8-2)22-13-12(14(17)19-6)11-9-10-16(13,5)15(11,3)4/h11H,7-10H2,1-6H3/t11-,16-/m1/s1. The zero-order valence-electron chi connectivity index (χ0n) is 14.8. The Balaban J connectivity index is 2.49. The van der Waals surface area contributed by atoms with Crippen LogP contribution in [0.3, 0.4) is 0 Å². The smallest absolute Gasteiger partial charge is 0.466 e. The van der Waals surface area contributed by atoms with Crippen LogP contribution in [0.25, 0.3) is 0 Å². The second-order valence-corrected chi connectivity index (χ2v) is 8.35. The van der Waals surface area contributed by atoms with Gasteiger partial charge in [-0.1, -0.05) is 20.8 Å². The van der Waals surface area contributed by atoms with Crippen molar-refractivity contribution in [1.82, 2.24) is 0 Å². The summed E-state index contributed by atoms with van der Waals surface area (Å²) < 4.78 is 34.0. The second-order valence-electron chi connectivity index (χ2n) is 6.75. The van der Waals surface area contributed by atoms with Crippen LogP contribution < -0.4 is 0 Å². The number of phosphoric acid groups is 1. The number of ether oxygens (including phenoxy) is 1. The maximum atomic E-state index is 12.8. The summed E-state index contributed by atoms with van der Waals surface area (Å²) in [6.07, 6.45) is 1.74. The summed E-state index contributed by atoms with van der Waals surface area (Å²) in [5.74, 6) is 0.00327. The summed E-state index contributed by atoms with van der Waals surface area (Å²) in [4.78, 5) is 12.3. The zero-order chi connectivity index (χ0) is 17.5. The molecular weight excluding hydrogens is 319 g/mol. The quantitative estimate of drug-likeness (QED) is 0.511. The molecule has 0 N–H and O–H groups in total. The largest absolute Gasteiger partial charge is 0.529 e. The molecule has 2 atom stereocenters. The van der Waals surface area contributed by atoms with E-state index in [1.54, 1.807) is 13.8 Å². The molecule has 2 aliphatic carbocycles. The van der Waals surface area contributed by atoms with Crippen LogP contribution in [0.2, 0.25) is 0 Å². The Bertz CT molecular complexity index is 557. The molecule has 2 bridgehead atoms. The predicted molar refractivity (Wildman–Crippen MR) is 85.6 cm³/mol. The highest BCUT2D eigenvalue weighted by molar-refractivity contribution is 7.48. The molecular formula is C16H27O6P. The molecule has 0 amide bonds. The molecule has 0 spiro atoms. The monoisotopic (exact) mass is 346 g/mol. The van der Waals surface area contributed by atoms with Gasteiger partial charge in [-0.15, -0.1) is 0 Å². The van der Waals surface area contributed by atoms with Crippen molar-refractivity contribution in [3.63, 3.8) is 0 Å². The third kappa shape index (κ3) is 2.75. The van der Waals surface area contributed by atoms with Crippen LogP contribution in [0, 0.1) is 16.7 Å². The molecule has 0 radical (unpaired) electrons. The number of allylic oxidation sites excluding steroid dienone is 1. The van der Waals surface area contributed by atoms with Crippen molar-refractivity contribution in [1.29, 1.82) is 0 Å². The number of hydrogen-bond acceptors (Lipinski definition) is 6. The highest BCUT2D eigenvalue weighted by atomic mass is 31.2. The average molecular weight is 346 g/mol. The van der Waals surface area contributed by atoms with Crippen molar-refractivity contribution in [2.45, 2.75) is 47.5 Å². The van der Waals surface area contributed by atoms with E-state index in [4.69, 9.17) is 18.3 Å². The molecule has 1 fully saturated rings. The van der Waals surface area contributed by atoms with Crippen LogP contribution in [0.1, 0.15) is 47.5 Å². The minimum absolute atomic E-state index is 0.0200. The molecule has 0 aromatic carbocycles. The first-order valence-corrected chi connectivity index (χ1v) is 9.54.